The Hall–Kier alpha value is -3.54. The van der Waals surface area contributed by atoms with Gasteiger partial charge in [-0.25, -0.2) is 14.0 Å². The van der Waals surface area contributed by atoms with Crippen LogP contribution in [0.5, 0.6) is 0 Å². The van der Waals surface area contributed by atoms with E-state index in [0.717, 1.165) is 24.8 Å². The van der Waals surface area contributed by atoms with Gasteiger partial charge in [0, 0.05) is 37.8 Å². The van der Waals surface area contributed by atoms with Crippen molar-refractivity contribution in [2.45, 2.75) is 156 Å². The van der Waals surface area contributed by atoms with Crippen LogP contribution in [-0.4, -0.2) is 66.0 Å². The highest BCUT2D eigenvalue weighted by atomic mass is 19.1. The van der Waals surface area contributed by atoms with Gasteiger partial charge in [0.25, 0.3) is 0 Å². The molecular weight excluding hydrogens is 655 g/mol. The zero-order chi connectivity index (χ0) is 38.8. The second-order valence-corrected chi connectivity index (χ2v) is 16.4. The van der Waals surface area contributed by atoms with E-state index in [4.69, 9.17) is 15.2 Å². The lowest BCUT2D eigenvalue weighted by molar-refractivity contribution is -0.157. The number of rotatable bonds is 21. The number of Topliss-reactive ketones (excluding diaryl/α,β-unsaturated/α-hetero) is 1. The summed E-state index contributed by atoms with van der Waals surface area (Å²) in [5.41, 5.74) is 4.54. The zero-order valence-electron chi connectivity index (χ0n) is 32.5. The van der Waals surface area contributed by atoms with Crippen molar-refractivity contribution in [1.82, 2.24) is 16.0 Å². The smallest absolute Gasteiger partial charge is 0.329 e. The Balaban J connectivity index is 2.85. The van der Waals surface area contributed by atoms with E-state index in [1.807, 2.05) is 20.8 Å². The van der Waals surface area contributed by atoms with E-state index in [0.29, 0.717) is 45.2 Å². The number of halogens is 1. The number of carbonyl (C=O) groups is 5. The first kappa shape index (κ1) is 45.5. The van der Waals surface area contributed by atoms with Gasteiger partial charge in [-0.3, -0.25) is 14.4 Å². The van der Waals surface area contributed by atoms with Gasteiger partial charge in [0.15, 0.2) is 0 Å². The number of urea groups is 1. The maximum absolute atomic E-state index is 13.5. The standard InChI is InChI=1S/C39H65FN4O7/c1-37(2,3)32(21-22-33(46)50-38(4,5)6)44-36(49)43-31(35(48)51-39(7,8)9)16-12-14-24-42-34(47)28(25-27-17-19-29(40)20-18-27)26-30(45)15-11-10-13-23-41/h17-20,28,31-32H,10-16,21-26,41H2,1-9H3,(H,42,47)(H2,43,44,49)/t28-,31+,32+/m1/s1. The molecule has 3 amide bonds. The Kier molecular flexibility index (Phi) is 19.4. The molecule has 12 heteroatoms. The van der Waals surface area contributed by atoms with Crippen molar-refractivity contribution in [3.05, 3.63) is 35.6 Å². The summed E-state index contributed by atoms with van der Waals surface area (Å²) >= 11 is 0. The minimum atomic E-state index is -0.950. The van der Waals surface area contributed by atoms with Crippen molar-refractivity contribution in [3.63, 3.8) is 0 Å². The van der Waals surface area contributed by atoms with Crippen molar-refractivity contribution in [2.24, 2.45) is 17.1 Å². The third kappa shape index (κ3) is 21.4. The van der Waals surface area contributed by atoms with Crippen LogP contribution in [0.1, 0.15) is 132 Å². The monoisotopic (exact) mass is 720 g/mol. The Bertz CT molecular complexity index is 1250. The predicted molar refractivity (Wildman–Crippen MR) is 197 cm³/mol. The lowest BCUT2D eigenvalue weighted by Gasteiger charge is -2.32. The van der Waals surface area contributed by atoms with Crippen LogP contribution in [0.2, 0.25) is 0 Å². The van der Waals surface area contributed by atoms with Gasteiger partial charge in [-0.2, -0.15) is 0 Å². The van der Waals surface area contributed by atoms with E-state index in [2.05, 4.69) is 16.0 Å². The molecule has 0 unspecified atom stereocenters. The van der Waals surface area contributed by atoms with Crippen LogP contribution in [-0.2, 0) is 35.1 Å². The lowest BCUT2D eigenvalue weighted by Crippen LogP contribution is -2.53. The third-order valence-corrected chi connectivity index (χ3v) is 8.02. The summed E-state index contributed by atoms with van der Waals surface area (Å²) in [5.74, 6) is -2.19. The van der Waals surface area contributed by atoms with Crippen molar-refractivity contribution in [1.29, 1.82) is 0 Å². The zero-order valence-corrected chi connectivity index (χ0v) is 32.5. The molecule has 11 nitrogen and oxygen atoms in total. The molecule has 290 valence electrons. The Labute approximate surface area is 305 Å². The number of benzene rings is 1. The molecule has 1 rings (SSSR count). The summed E-state index contributed by atoms with van der Waals surface area (Å²) < 4.78 is 24.5. The molecular formula is C39H65FN4O7. The summed E-state index contributed by atoms with van der Waals surface area (Å²) in [7, 11) is 0. The number of unbranched alkanes of at least 4 members (excludes halogenated alkanes) is 3. The lowest BCUT2D eigenvalue weighted by atomic mass is 9.84. The average Bonchev–Trinajstić information content (AvgIpc) is 2.99. The number of ether oxygens (including phenoxy) is 2. The molecule has 0 bridgehead atoms. The number of carbonyl (C=O) groups excluding carboxylic acids is 5. The summed E-state index contributed by atoms with van der Waals surface area (Å²) in [6.45, 7) is 17.4. The number of nitrogens with one attached hydrogen (secondary N) is 3. The van der Waals surface area contributed by atoms with Gasteiger partial charge in [-0.1, -0.05) is 39.3 Å². The van der Waals surface area contributed by atoms with Gasteiger partial charge in [0.05, 0.1) is 0 Å². The van der Waals surface area contributed by atoms with E-state index in [1.54, 1.807) is 53.7 Å². The maximum Gasteiger partial charge on any atom is 0.329 e. The number of esters is 2. The van der Waals surface area contributed by atoms with Crippen molar-refractivity contribution >= 4 is 29.7 Å². The van der Waals surface area contributed by atoms with Crippen LogP contribution in [0.3, 0.4) is 0 Å². The molecule has 0 fully saturated rings. The summed E-state index contributed by atoms with van der Waals surface area (Å²) in [5, 5.41) is 8.62. The van der Waals surface area contributed by atoms with Crippen molar-refractivity contribution in [3.8, 4) is 0 Å². The summed E-state index contributed by atoms with van der Waals surface area (Å²) in [6.07, 6.45) is 4.88. The van der Waals surface area contributed by atoms with Gasteiger partial charge >= 0.3 is 18.0 Å². The van der Waals surface area contributed by atoms with E-state index < -0.39 is 35.2 Å². The number of amides is 3. The van der Waals surface area contributed by atoms with Crippen molar-refractivity contribution < 1.29 is 37.8 Å². The molecule has 5 N–H and O–H groups in total. The highest BCUT2D eigenvalue weighted by Gasteiger charge is 2.31. The second-order valence-electron chi connectivity index (χ2n) is 16.4. The fourth-order valence-electron chi connectivity index (χ4n) is 5.37. The number of nitrogens with two attached hydrogens (primary N) is 1. The van der Waals surface area contributed by atoms with Crippen LogP contribution in [0.25, 0.3) is 0 Å². The molecule has 1 aromatic carbocycles. The Morgan fingerprint density at radius 1 is 0.765 bits per heavy atom. The van der Waals surface area contributed by atoms with Gasteiger partial charge in [-0.15, -0.1) is 0 Å². The molecule has 0 saturated carbocycles. The topological polar surface area (TPSA) is 166 Å². The van der Waals surface area contributed by atoms with E-state index in [1.165, 1.54) is 12.1 Å². The maximum atomic E-state index is 13.5. The normalized spacial score (nSPS) is 13.8. The first-order valence-electron chi connectivity index (χ1n) is 18.3. The van der Waals surface area contributed by atoms with Crippen molar-refractivity contribution in [2.75, 3.05) is 13.1 Å². The largest absolute Gasteiger partial charge is 0.460 e. The quantitative estimate of drug-likeness (QED) is 0.0849. The molecule has 0 heterocycles. The molecule has 0 aliphatic heterocycles. The third-order valence-electron chi connectivity index (χ3n) is 8.02. The number of hydrogen-bond acceptors (Lipinski definition) is 8. The van der Waals surface area contributed by atoms with E-state index in [9.17, 15) is 28.4 Å². The first-order valence-corrected chi connectivity index (χ1v) is 18.3. The predicted octanol–water partition coefficient (Wildman–Crippen LogP) is 6.30. The fraction of sp³-hybridized carbons (Fsp3) is 0.718. The molecule has 0 aliphatic carbocycles. The minimum Gasteiger partial charge on any atom is -0.460 e. The molecule has 0 spiro atoms. The van der Waals surface area contributed by atoms with Gasteiger partial charge in [0.1, 0.15) is 28.8 Å². The minimum absolute atomic E-state index is 0.00243. The Morgan fingerprint density at radius 2 is 1.39 bits per heavy atom. The van der Waals surface area contributed by atoms with Crippen LogP contribution >= 0.6 is 0 Å². The SMILES string of the molecule is CC(C)(C)OC(=O)CC[C@H](NC(=O)N[C@@H](CCCCNC(=O)[C@@H](CC(=O)CCCCCN)Cc1ccc(F)cc1)C(=O)OC(C)(C)C)C(C)(C)C. The molecule has 3 atom stereocenters. The highest BCUT2D eigenvalue weighted by molar-refractivity contribution is 5.87. The second kappa shape index (κ2) is 21.7. The van der Waals surface area contributed by atoms with E-state index >= 15 is 0 Å². The molecule has 0 aliphatic rings. The van der Waals surface area contributed by atoms with Crippen LogP contribution in [0, 0.1) is 17.2 Å². The van der Waals surface area contributed by atoms with Gasteiger partial charge < -0.3 is 31.2 Å². The highest BCUT2D eigenvalue weighted by Crippen LogP contribution is 2.24. The summed E-state index contributed by atoms with van der Waals surface area (Å²) in [6, 6.07) is 4.01. The molecule has 0 aromatic heterocycles. The van der Waals surface area contributed by atoms with Gasteiger partial charge in [-0.05, 0) is 116 Å². The molecule has 51 heavy (non-hydrogen) atoms. The van der Waals surface area contributed by atoms with Crippen LogP contribution in [0.15, 0.2) is 24.3 Å². The molecule has 0 saturated heterocycles. The van der Waals surface area contributed by atoms with Crippen LogP contribution in [0.4, 0.5) is 9.18 Å². The molecule has 1 aromatic rings. The van der Waals surface area contributed by atoms with Gasteiger partial charge in [0.2, 0.25) is 5.91 Å². The number of hydrogen-bond donors (Lipinski definition) is 4. The van der Waals surface area contributed by atoms with E-state index in [-0.39, 0.29) is 54.2 Å². The average molecular weight is 721 g/mol. The first-order chi connectivity index (χ1) is 23.6. The van der Waals surface area contributed by atoms with Crippen LogP contribution < -0.4 is 21.7 Å². The summed E-state index contributed by atoms with van der Waals surface area (Å²) in [4.78, 5) is 64.7. The number of ketones is 1. The molecule has 0 radical (unpaired) electrons. The fourth-order valence-corrected chi connectivity index (χ4v) is 5.37. The Morgan fingerprint density at radius 3 is 1.96 bits per heavy atom.